The van der Waals surface area contributed by atoms with Gasteiger partial charge < -0.3 is 19.5 Å². The zero-order valence-electron chi connectivity index (χ0n) is 11.9. The van der Waals surface area contributed by atoms with Gasteiger partial charge in [0.2, 0.25) is 0 Å². The third-order valence-corrected chi connectivity index (χ3v) is 2.44. The Morgan fingerprint density at radius 1 is 1.21 bits per heavy atom. The van der Waals surface area contributed by atoms with Crippen LogP contribution in [0.5, 0.6) is 0 Å². The zero-order valence-corrected chi connectivity index (χ0v) is 11.9. The van der Waals surface area contributed by atoms with E-state index in [0.29, 0.717) is 26.4 Å². The molecular formula is C13H23N3O3. The van der Waals surface area contributed by atoms with Gasteiger partial charge in [0, 0.05) is 38.5 Å². The molecule has 1 heterocycles. The van der Waals surface area contributed by atoms with Crippen molar-refractivity contribution in [3.05, 3.63) is 18.1 Å². The first-order valence-electron chi connectivity index (χ1n) is 6.57. The Hall–Kier alpha value is -1.24. The summed E-state index contributed by atoms with van der Waals surface area (Å²) in [4.78, 5) is 8.35. The second kappa shape index (κ2) is 9.66. The van der Waals surface area contributed by atoms with E-state index in [2.05, 4.69) is 15.3 Å². The van der Waals surface area contributed by atoms with E-state index in [4.69, 9.17) is 14.2 Å². The second-order valence-electron chi connectivity index (χ2n) is 3.86. The topological polar surface area (TPSA) is 65.5 Å². The van der Waals surface area contributed by atoms with Crippen LogP contribution in [-0.2, 0) is 20.6 Å². The molecule has 1 aromatic rings. The summed E-state index contributed by atoms with van der Waals surface area (Å²) in [6.45, 7) is 6.34. The van der Waals surface area contributed by atoms with Gasteiger partial charge in [-0.25, -0.2) is 9.97 Å². The van der Waals surface area contributed by atoms with Gasteiger partial charge in [-0.3, -0.25) is 0 Å². The molecule has 0 aliphatic rings. The molecule has 0 unspecified atom stereocenters. The van der Waals surface area contributed by atoms with Gasteiger partial charge in [-0.05, 0) is 13.8 Å². The first-order chi connectivity index (χ1) is 9.30. The van der Waals surface area contributed by atoms with Crippen molar-refractivity contribution in [2.24, 2.45) is 0 Å². The van der Waals surface area contributed by atoms with Crippen molar-refractivity contribution < 1.29 is 14.2 Å². The van der Waals surface area contributed by atoms with E-state index >= 15 is 0 Å². The van der Waals surface area contributed by atoms with Crippen molar-refractivity contribution in [3.8, 4) is 0 Å². The van der Waals surface area contributed by atoms with Crippen molar-refractivity contribution in [2.75, 3.05) is 38.8 Å². The molecule has 1 N–H and O–H groups in total. The normalized spacial score (nSPS) is 10.9. The molecule has 0 fully saturated rings. The van der Waals surface area contributed by atoms with Crippen molar-refractivity contribution in [1.82, 2.24) is 9.97 Å². The van der Waals surface area contributed by atoms with Crippen LogP contribution >= 0.6 is 0 Å². The quantitative estimate of drug-likeness (QED) is 0.649. The summed E-state index contributed by atoms with van der Waals surface area (Å²) in [7, 11) is 1.68. The highest BCUT2D eigenvalue weighted by atomic mass is 16.7. The molecule has 19 heavy (non-hydrogen) atoms. The number of nitrogens with one attached hydrogen (secondary N) is 1. The summed E-state index contributed by atoms with van der Waals surface area (Å²) in [6, 6.07) is 1.91. The SMILES string of the molecule is CCOC(CNc1cc(CCOC)ncn1)OCC. The average Bonchev–Trinajstić information content (AvgIpc) is 2.43. The monoisotopic (exact) mass is 269 g/mol. The molecule has 1 rings (SSSR count). The van der Waals surface area contributed by atoms with Crippen LogP contribution in [0.1, 0.15) is 19.5 Å². The third-order valence-electron chi connectivity index (χ3n) is 2.44. The summed E-state index contributed by atoms with van der Waals surface area (Å²) in [6.07, 6.45) is 2.06. The molecule has 0 aliphatic carbocycles. The van der Waals surface area contributed by atoms with Gasteiger partial charge in [0.15, 0.2) is 6.29 Å². The van der Waals surface area contributed by atoms with Crippen LogP contribution in [0.3, 0.4) is 0 Å². The highest BCUT2D eigenvalue weighted by molar-refractivity contribution is 5.34. The number of methoxy groups -OCH3 is 1. The minimum atomic E-state index is -0.257. The lowest BCUT2D eigenvalue weighted by atomic mass is 10.3. The fourth-order valence-electron chi connectivity index (χ4n) is 1.56. The molecule has 108 valence electrons. The Morgan fingerprint density at radius 3 is 2.58 bits per heavy atom. The van der Waals surface area contributed by atoms with Gasteiger partial charge in [0.05, 0.1) is 13.2 Å². The van der Waals surface area contributed by atoms with E-state index in [0.717, 1.165) is 17.9 Å². The fraction of sp³-hybridized carbons (Fsp3) is 0.692. The van der Waals surface area contributed by atoms with Crippen LogP contribution in [0.25, 0.3) is 0 Å². The van der Waals surface area contributed by atoms with Gasteiger partial charge in [-0.15, -0.1) is 0 Å². The lowest BCUT2D eigenvalue weighted by Crippen LogP contribution is -2.26. The maximum Gasteiger partial charge on any atom is 0.174 e. The summed E-state index contributed by atoms with van der Waals surface area (Å²) in [5.41, 5.74) is 0.948. The van der Waals surface area contributed by atoms with Crippen LogP contribution in [0.4, 0.5) is 5.82 Å². The van der Waals surface area contributed by atoms with E-state index in [1.807, 2.05) is 19.9 Å². The van der Waals surface area contributed by atoms with E-state index in [9.17, 15) is 0 Å². The predicted octanol–water partition coefficient (Wildman–Crippen LogP) is 1.48. The molecule has 6 heteroatoms. The van der Waals surface area contributed by atoms with Crippen LogP contribution in [-0.4, -0.2) is 49.7 Å². The van der Waals surface area contributed by atoms with Crippen molar-refractivity contribution in [1.29, 1.82) is 0 Å². The van der Waals surface area contributed by atoms with Gasteiger partial charge in [0.25, 0.3) is 0 Å². The summed E-state index contributed by atoms with van der Waals surface area (Å²) in [5.74, 6) is 0.769. The maximum atomic E-state index is 5.45. The number of aromatic nitrogens is 2. The van der Waals surface area contributed by atoms with Crippen molar-refractivity contribution in [3.63, 3.8) is 0 Å². The van der Waals surface area contributed by atoms with Crippen LogP contribution in [0, 0.1) is 0 Å². The standard InChI is InChI=1S/C13H23N3O3/c1-4-18-13(19-5-2)9-14-12-8-11(6-7-17-3)15-10-16-12/h8,10,13H,4-7,9H2,1-3H3,(H,14,15,16). The summed E-state index contributed by atoms with van der Waals surface area (Å²) < 4.78 is 15.9. The van der Waals surface area contributed by atoms with Crippen LogP contribution in [0.2, 0.25) is 0 Å². The van der Waals surface area contributed by atoms with E-state index in [1.54, 1.807) is 13.4 Å². The molecule has 0 bridgehead atoms. The van der Waals surface area contributed by atoms with Crippen molar-refractivity contribution in [2.45, 2.75) is 26.6 Å². The molecule has 0 spiro atoms. The van der Waals surface area contributed by atoms with E-state index < -0.39 is 0 Å². The maximum absolute atomic E-state index is 5.45. The largest absolute Gasteiger partial charge is 0.384 e. The van der Waals surface area contributed by atoms with E-state index in [-0.39, 0.29) is 6.29 Å². The van der Waals surface area contributed by atoms with Gasteiger partial charge in [-0.1, -0.05) is 0 Å². The number of anilines is 1. The molecule has 6 nitrogen and oxygen atoms in total. The number of hydrogen-bond acceptors (Lipinski definition) is 6. The number of hydrogen-bond donors (Lipinski definition) is 1. The average molecular weight is 269 g/mol. The third kappa shape index (κ3) is 6.47. The molecular weight excluding hydrogens is 246 g/mol. The first kappa shape index (κ1) is 15.8. The Labute approximate surface area is 114 Å². The second-order valence-corrected chi connectivity index (χ2v) is 3.86. The van der Waals surface area contributed by atoms with Crippen LogP contribution < -0.4 is 5.32 Å². The highest BCUT2D eigenvalue weighted by Crippen LogP contribution is 2.06. The summed E-state index contributed by atoms with van der Waals surface area (Å²) in [5, 5.41) is 3.19. The van der Waals surface area contributed by atoms with Crippen molar-refractivity contribution >= 4 is 5.82 Å². The number of ether oxygens (including phenoxy) is 3. The Kier molecular flexibility index (Phi) is 8.04. The first-order valence-corrected chi connectivity index (χ1v) is 6.57. The molecule has 0 atom stereocenters. The molecule has 0 amide bonds. The van der Waals surface area contributed by atoms with Gasteiger partial charge in [0.1, 0.15) is 12.1 Å². The number of rotatable bonds is 10. The van der Waals surface area contributed by atoms with E-state index in [1.165, 1.54) is 0 Å². The predicted molar refractivity (Wildman–Crippen MR) is 73.1 cm³/mol. The summed E-state index contributed by atoms with van der Waals surface area (Å²) >= 11 is 0. The van der Waals surface area contributed by atoms with Gasteiger partial charge in [-0.2, -0.15) is 0 Å². The highest BCUT2D eigenvalue weighted by Gasteiger charge is 2.08. The lowest BCUT2D eigenvalue weighted by molar-refractivity contribution is -0.126. The Balaban J connectivity index is 2.46. The zero-order chi connectivity index (χ0) is 13.9. The molecule has 0 aliphatic heterocycles. The smallest absolute Gasteiger partial charge is 0.174 e. The molecule has 1 aromatic heterocycles. The Bertz CT molecular complexity index is 344. The van der Waals surface area contributed by atoms with Crippen LogP contribution in [0.15, 0.2) is 12.4 Å². The minimum Gasteiger partial charge on any atom is -0.384 e. The fourth-order valence-corrected chi connectivity index (χ4v) is 1.56. The van der Waals surface area contributed by atoms with Gasteiger partial charge >= 0.3 is 0 Å². The molecule has 0 saturated heterocycles. The lowest BCUT2D eigenvalue weighted by Gasteiger charge is -2.17. The molecule has 0 radical (unpaired) electrons. The number of nitrogens with zero attached hydrogens (tertiary/aromatic N) is 2. The minimum absolute atomic E-state index is 0.257. The Morgan fingerprint density at radius 2 is 1.95 bits per heavy atom. The molecule has 0 saturated carbocycles. The molecule has 0 aromatic carbocycles.